The molecule has 1 aromatic carbocycles. The molecule has 5 nitrogen and oxygen atoms in total. The molecule has 0 radical (unpaired) electrons. The van der Waals surface area contributed by atoms with Gasteiger partial charge in [-0.15, -0.1) is 0 Å². The van der Waals surface area contributed by atoms with E-state index >= 15 is 0 Å². The Morgan fingerprint density at radius 3 is 2.72 bits per heavy atom. The summed E-state index contributed by atoms with van der Waals surface area (Å²) in [6.45, 7) is -0.0506. The maximum absolute atomic E-state index is 13.0. The van der Waals surface area contributed by atoms with Crippen LogP contribution in [0, 0.1) is 5.82 Å². The molecule has 0 aliphatic rings. The summed E-state index contributed by atoms with van der Waals surface area (Å²) in [6, 6.07) is 3.70. The molecule has 0 spiro atoms. The van der Waals surface area contributed by atoms with E-state index in [1.54, 1.807) is 0 Å². The molecule has 1 amide bonds. The molecule has 8 heteroatoms. The number of rotatable bonds is 5. The summed E-state index contributed by atoms with van der Waals surface area (Å²) in [6.07, 6.45) is 0. The fourth-order valence-electron chi connectivity index (χ4n) is 1.17. The molecule has 1 aromatic rings. The molecule has 0 saturated heterocycles. The molecule has 100 valence electrons. The second kappa shape index (κ2) is 6.26. The zero-order chi connectivity index (χ0) is 13.8. The average molecular weight is 339 g/mol. The highest BCUT2D eigenvalue weighted by atomic mass is 79.9. The summed E-state index contributed by atoms with van der Waals surface area (Å²) in [4.78, 5) is 11.7. The smallest absolute Gasteiger partial charge is 0.252 e. The minimum atomic E-state index is -3.37. The lowest BCUT2D eigenvalue weighted by Crippen LogP contribution is -2.33. The van der Waals surface area contributed by atoms with Crippen molar-refractivity contribution in [3.05, 3.63) is 34.1 Å². The molecule has 18 heavy (non-hydrogen) atoms. The van der Waals surface area contributed by atoms with E-state index in [-0.39, 0.29) is 17.9 Å². The summed E-state index contributed by atoms with van der Waals surface area (Å²) in [5.74, 6) is -1.30. The normalized spacial score (nSPS) is 11.3. The fraction of sp³-hybridized carbons (Fsp3) is 0.300. The first-order chi connectivity index (χ1) is 8.35. The topological polar surface area (TPSA) is 75.3 Å². The molecule has 0 fully saturated rings. The number of amides is 1. The first-order valence-electron chi connectivity index (χ1n) is 5.00. The number of hydrogen-bond acceptors (Lipinski definition) is 3. The molecule has 0 atom stereocenters. The molecule has 0 aromatic heterocycles. The van der Waals surface area contributed by atoms with E-state index in [4.69, 9.17) is 0 Å². The van der Waals surface area contributed by atoms with Crippen molar-refractivity contribution in [3.8, 4) is 0 Å². The van der Waals surface area contributed by atoms with E-state index < -0.39 is 21.7 Å². The highest BCUT2D eigenvalue weighted by Gasteiger charge is 2.12. The van der Waals surface area contributed by atoms with E-state index in [1.165, 1.54) is 19.2 Å². The van der Waals surface area contributed by atoms with Crippen molar-refractivity contribution < 1.29 is 17.6 Å². The molecular weight excluding hydrogens is 327 g/mol. The second-order valence-corrected chi connectivity index (χ2v) is 6.30. The second-order valence-electron chi connectivity index (χ2n) is 3.40. The van der Waals surface area contributed by atoms with Gasteiger partial charge in [0, 0.05) is 11.0 Å². The zero-order valence-corrected chi connectivity index (χ0v) is 11.9. The van der Waals surface area contributed by atoms with Crippen molar-refractivity contribution in [1.82, 2.24) is 10.0 Å². The van der Waals surface area contributed by atoms with Crippen molar-refractivity contribution in [2.45, 2.75) is 0 Å². The Bertz CT molecular complexity index is 548. The Labute approximate surface area is 113 Å². The number of carbonyl (C=O) groups excluding carboxylic acids is 1. The van der Waals surface area contributed by atoms with E-state index in [9.17, 15) is 17.6 Å². The number of benzene rings is 1. The maximum atomic E-state index is 13.0. The van der Waals surface area contributed by atoms with Crippen LogP contribution in [0.5, 0.6) is 0 Å². The Hall–Kier alpha value is -0.990. The lowest BCUT2D eigenvalue weighted by atomic mass is 10.2. The molecule has 0 bridgehead atoms. The van der Waals surface area contributed by atoms with Gasteiger partial charge in [0.15, 0.2) is 0 Å². The van der Waals surface area contributed by atoms with Crippen LogP contribution in [0.2, 0.25) is 0 Å². The van der Waals surface area contributed by atoms with Crippen LogP contribution in [0.4, 0.5) is 4.39 Å². The SMILES string of the molecule is CNS(=O)(=O)CCNC(=O)c1cc(F)ccc1Br. The average Bonchev–Trinajstić information content (AvgIpc) is 2.32. The maximum Gasteiger partial charge on any atom is 0.252 e. The minimum Gasteiger partial charge on any atom is -0.351 e. The fourth-order valence-corrected chi connectivity index (χ4v) is 2.17. The third-order valence-corrected chi connectivity index (χ3v) is 4.20. The van der Waals surface area contributed by atoms with Gasteiger partial charge in [-0.1, -0.05) is 0 Å². The van der Waals surface area contributed by atoms with Gasteiger partial charge in [-0.05, 0) is 41.2 Å². The number of sulfonamides is 1. The number of carbonyl (C=O) groups is 1. The van der Waals surface area contributed by atoms with E-state index in [0.29, 0.717) is 4.47 Å². The van der Waals surface area contributed by atoms with Crippen LogP contribution in [0.15, 0.2) is 22.7 Å². The number of nitrogens with one attached hydrogen (secondary N) is 2. The lowest BCUT2D eigenvalue weighted by Gasteiger charge is -2.07. The van der Waals surface area contributed by atoms with Crippen LogP contribution < -0.4 is 10.0 Å². The first-order valence-corrected chi connectivity index (χ1v) is 7.45. The van der Waals surface area contributed by atoms with Crippen molar-refractivity contribution in [1.29, 1.82) is 0 Å². The van der Waals surface area contributed by atoms with Gasteiger partial charge in [0.2, 0.25) is 10.0 Å². The molecule has 0 unspecified atom stereocenters. The Morgan fingerprint density at radius 1 is 1.44 bits per heavy atom. The molecule has 1 rings (SSSR count). The molecule has 0 aliphatic heterocycles. The van der Waals surface area contributed by atoms with Crippen molar-refractivity contribution in [3.63, 3.8) is 0 Å². The third kappa shape index (κ3) is 4.35. The van der Waals surface area contributed by atoms with Crippen molar-refractivity contribution in [2.75, 3.05) is 19.3 Å². The number of hydrogen-bond donors (Lipinski definition) is 2. The van der Waals surface area contributed by atoms with Gasteiger partial charge in [0.05, 0.1) is 11.3 Å². The lowest BCUT2D eigenvalue weighted by molar-refractivity contribution is 0.0955. The summed E-state index contributed by atoms with van der Waals surface area (Å²) >= 11 is 3.12. The zero-order valence-electron chi connectivity index (χ0n) is 9.54. The molecule has 0 heterocycles. The Balaban J connectivity index is 2.64. The van der Waals surface area contributed by atoms with Crippen LogP contribution >= 0.6 is 15.9 Å². The predicted octanol–water partition coefficient (Wildman–Crippen LogP) is 0.867. The van der Waals surface area contributed by atoms with Gasteiger partial charge in [-0.2, -0.15) is 0 Å². The Kier molecular flexibility index (Phi) is 5.24. The predicted molar refractivity (Wildman–Crippen MR) is 69.3 cm³/mol. The van der Waals surface area contributed by atoms with Crippen LogP contribution in [-0.2, 0) is 10.0 Å². The van der Waals surface area contributed by atoms with Crippen LogP contribution in [0.1, 0.15) is 10.4 Å². The summed E-state index contributed by atoms with van der Waals surface area (Å²) < 4.78 is 37.7. The summed E-state index contributed by atoms with van der Waals surface area (Å²) in [5.41, 5.74) is 0.122. The molecular formula is C10H12BrFN2O3S. The third-order valence-electron chi connectivity index (χ3n) is 2.14. The van der Waals surface area contributed by atoms with Crippen LogP contribution in [-0.4, -0.2) is 33.7 Å². The van der Waals surface area contributed by atoms with E-state index in [1.807, 2.05) is 0 Å². The van der Waals surface area contributed by atoms with Gasteiger partial charge in [-0.25, -0.2) is 17.5 Å². The van der Waals surface area contributed by atoms with Crippen LogP contribution in [0.3, 0.4) is 0 Å². The van der Waals surface area contributed by atoms with Crippen LogP contribution in [0.25, 0.3) is 0 Å². The molecule has 0 saturated carbocycles. The number of halogens is 2. The monoisotopic (exact) mass is 338 g/mol. The highest BCUT2D eigenvalue weighted by molar-refractivity contribution is 9.10. The molecule has 2 N–H and O–H groups in total. The molecule has 0 aliphatic carbocycles. The van der Waals surface area contributed by atoms with E-state index in [2.05, 4.69) is 26.0 Å². The summed E-state index contributed by atoms with van der Waals surface area (Å²) in [5, 5.41) is 2.40. The van der Waals surface area contributed by atoms with Crippen molar-refractivity contribution >= 4 is 31.9 Å². The van der Waals surface area contributed by atoms with Gasteiger partial charge in [0.25, 0.3) is 5.91 Å². The largest absolute Gasteiger partial charge is 0.351 e. The standard InChI is InChI=1S/C10H12BrFN2O3S/c1-13-18(16,17)5-4-14-10(15)8-6-7(12)2-3-9(8)11/h2-3,6,13H,4-5H2,1H3,(H,14,15). The van der Waals surface area contributed by atoms with E-state index in [0.717, 1.165) is 6.07 Å². The summed E-state index contributed by atoms with van der Waals surface area (Å²) in [7, 11) is -2.07. The van der Waals surface area contributed by atoms with Gasteiger partial charge in [0.1, 0.15) is 5.82 Å². The highest BCUT2D eigenvalue weighted by Crippen LogP contribution is 2.17. The minimum absolute atomic E-state index is 0.0506. The van der Waals surface area contributed by atoms with Gasteiger partial charge < -0.3 is 5.32 Å². The van der Waals surface area contributed by atoms with Crippen molar-refractivity contribution in [2.24, 2.45) is 0 Å². The van der Waals surface area contributed by atoms with Gasteiger partial charge >= 0.3 is 0 Å². The first kappa shape index (κ1) is 15.1. The Morgan fingerprint density at radius 2 is 2.11 bits per heavy atom. The van der Waals surface area contributed by atoms with Gasteiger partial charge in [-0.3, -0.25) is 4.79 Å². The quantitative estimate of drug-likeness (QED) is 0.836.